The first-order chi connectivity index (χ1) is 5.49. The van der Waals surface area contributed by atoms with Gasteiger partial charge in [0.2, 0.25) is 0 Å². The van der Waals surface area contributed by atoms with Crippen molar-refractivity contribution in [1.29, 1.82) is 0 Å². The summed E-state index contributed by atoms with van der Waals surface area (Å²) in [5.74, 6) is 1.59. The van der Waals surface area contributed by atoms with Crippen molar-refractivity contribution < 1.29 is 9.53 Å². The molecule has 0 aromatic rings. The minimum atomic E-state index is -0.146. The van der Waals surface area contributed by atoms with E-state index in [0.717, 1.165) is 24.7 Å². The molecule has 2 fully saturated rings. The maximum atomic E-state index is 10.2. The summed E-state index contributed by atoms with van der Waals surface area (Å²) in [5, 5.41) is 0. The second-order valence-corrected chi connectivity index (χ2v) is 5.11. The Morgan fingerprint density at radius 1 is 1.25 bits per heavy atom. The Labute approximate surface area is 73.3 Å². The summed E-state index contributed by atoms with van der Waals surface area (Å²) < 4.78 is 5.10. The maximum Gasteiger partial charge on any atom is 0.293 e. The van der Waals surface area contributed by atoms with E-state index in [1.165, 1.54) is 0 Å². The third-order valence-corrected chi connectivity index (χ3v) is 3.92. The average molecular weight is 168 g/mol. The molecule has 2 saturated carbocycles. The van der Waals surface area contributed by atoms with Gasteiger partial charge >= 0.3 is 0 Å². The van der Waals surface area contributed by atoms with E-state index >= 15 is 0 Å². The van der Waals surface area contributed by atoms with Crippen LogP contribution in [-0.2, 0) is 9.53 Å². The molecule has 0 aromatic heterocycles. The van der Waals surface area contributed by atoms with Gasteiger partial charge in [0.25, 0.3) is 6.47 Å². The highest BCUT2D eigenvalue weighted by Crippen LogP contribution is 2.69. The van der Waals surface area contributed by atoms with E-state index in [2.05, 4.69) is 13.8 Å². The van der Waals surface area contributed by atoms with Gasteiger partial charge in [0.1, 0.15) is 5.60 Å². The van der Waals surface area contributed by atoms with Crippen LogP contribution >= 0.6 is 0 Å². The van der Waals surface area contributed by atoms with Crippen LogP contribution in [0.5, 0.6) is 0 Å². The number of carbonyl (C=O) groups is 1. The predicted molar refractivity (Wildman–Crippen MR) is 45.5 cm³/mol. The second-order valence-electron chi connectivity index (χ2n) is 5.11. The molecule has 3 atom stereocenters. The van der Waals surface area contributed by atoms with Crippen molar-refractivity contribution in [3.8, 4) is 0 Å². The summed E-state index contributed by atoms with van der Waals surface area (Å²) in [4.78, 5) is 10.2. The lowest BCUT2D eigenvalue weighted by Gasteiger charge is -2.26. The zero-order chi connectivity index (χ0) is 8.98. The van der Waals surface area contributed by atoms with Gasteiger partial charge in [-0.05, 0) is 37.0 Å². The summed E-state index contributed by atoms with van der Waals surface area (Å²) >= 11 is 0. The third-order valence-electron chi connectivity index (χ3n) is 3.92. The molecule has 12 heavy (non-hydrogen) atoms. The quantitative estimate of drug-likeness (QED) is 0.589. The summed E-state index contributed by atoms with van der Waals surface area (Å²) in [7, 11) is 0. The molecule has 2 rings (SSSR count). The first-order valence-electron chi connectivity index (χ1n) is 4.61. The highest BCUT2D eigenvalue weighted by atomic mass is 16.5. The smallest absolute Gasteiger partial charge is 0.293 e. The first kappa shape index (κ1) is 8.09. The second kappa shape index (κ2) is 2.04. The molecule has 2 heteroatoms. The van der Waals surface area contributed by atoms with Gasteiger partial charge in [-0.25, -0.2) is 0 Å². The molecule has 2 aliphatic rings. The number of carbonyl (C=O) groups excluding carboxylic acids is 1. The molecule has 0 spiro atoms. The van der Waals surface area contributed by atoms with E-state index in [1.54, 1.807) is 0 Å². The van der Waals surface area contributed by atoms with Crippen LogP contribution in [0, 0.1) is 17.3 Å². The Morgan fingerprint density at radius 3 is 2.17 bits per heavy atom. The van der Waals surface area contributed by atoms with Crippen LogP contribution in [-0.4, -0.2) is 12.1 Å². The SMILES string of the molecule is CC1(OC=O)C[C@@H]2[C@H](C1)C2(C)C. The number of fused-ring (bicyclic) bond motifs is 1. The van der Waals surface area contributed by atoms with E-state index in [1.807, 2.05) is 6.92 Å². The van der Waals surface area contributed by atoms with E-state index in [4.69, 9.17) is 4.74 Å². The number of hydrogen-bond donors (Lipinski definition) is 0. The molecule has 2 nitrogen and oxygen atoms in total. The molecular formula is C10H16O2. The van der Waals surface area contributed by atoms with Crippen LogP contribution in [0.4, 0.5) is 0 Å². The average Bonchev–Trinajstić information content (AvgIpc) is 2.40. The molecule has 68 valence electrons. The molecule has 2 aliphatic carbocycles. The van der Waals surface area contributed by atoms with Gasteiger partial charge in [0.05, 0.1) is 0 Å². The predicted octanol–water partition coefficient (Wildman–Crippen LogP) is 1.98. The summed E-state index contributed by atoms with van der Waals surface area (Å²) in [6, 6.07) is 0. The molecule has 1 unspecified atom stereocenters. The molecule has 0 heterocycles. The Hall–Kier alpha value is -0.530. The van der Waals surface area contributed by atoms with Crippen molar-refractivity contribution in [2.24, 2.45) is 17.3 Å². The van der Waals surface area contributed by atoms with E-state index in [9.17, 15) is 4.79 Å². The summed E-state index contributed by atoms with van der Waals surface area (Å²) in [6.07, 6.45) is 2.12. The van der Waals surface area contributed by atoms with Crippen molar-refractivity contribution in [3.05, 3.63) is 0 Å². The zero-order valence-electron chi connectivity index (χ0n) is 7.96. The van der Waals surface area contributed by atoms with Gasteiger partial charge in [0.15, 0.2) is 0 Å². The van der Waals surface area contributed by atoms with Gasteiger partial charge < -0.3 is 4.74 Å². The maximum absolute atomic E-state index is 10.2. The Bertz CT molecular complexity index is 206. The van der Waals surface area contributed by atoms with Gasteiger partial charge in [-0.1, -0.05) is 13.8 Å². The highest BCUT2D eigenvalue weighted by Gasteiger charge is 2.66. The molecular weight excluding hydrogens is 152 g/mol. The lowest BCUT2D eigenvalue weighted by atomic mass is 9.91. The standard InChI is InChI=1S/C10H16O2/c1-9(2)7-4-10(3,12-6-11)5-8(7)9/h6-8H,4-5H2,1-3H3/t7-,8+,10?. The van der Waals surface area contributed by atoms with Crippen molar-refractivity contribution in [1.82, 2.24) is 0 Å². The lowest BCUT2D eigenvalue weighted by molar-refractivity contribution is -0.142. The number of hydrogen-bond acceptors (Lipinski definition) is 2. The van der Waals surface area contributed by atoms with E-state index < -0.39 is 0 Å². The molecule has 0 saturated heterocycles. The lowest BCUT2D eigenvalue weighted by Crippen LogP contribution is -2.28. The number of rotatable bonds is 2. The van der Waals surface area contributed by atoms with E-state index in [-0.39, 0.29) is 5.60 Å². The molecule has 0 N–H and O–H groups in total. The summed E-state index contributed by atoms with van der Waals surface area (Å²) in [5.41, 5.74) is 0.373. The highest BCUT2D eigenvalue weighted by molar-refractivity contribution is 5.39. The molecule has 0 bridgehead atoms. The van der Waals surface area contributed by atoms with Gasteiger partial charge in [-0.15, -0.1) is 0 Å². The zero-order valence-corrected chi connectivity index (χ0v) is 7.96. The number of ether oxygens (including phenoxy) is 1. The first-order valence-corrected chi connectivity index (χ1v) is 4.61. The van der Waals surface area contributed by atoms with Crippen LogP contribution in [0.25, 0.3) is 0 Å². The van der Waals surface area contributed by atoms with Crippen molar-refractivity contribution in [3.63, 3.8) is 0 Å². The molecule has 0 aliphatic heterocycles. The largest absolute Gasteiger partial charge is 0.462 e. The third kappa shape index (κ3) is 0.900. The van der Waals surface area contributed by atoms with Gasteiger partial charge in [0, 0.05) is 0 Å². The van der Waals surface area contributed by atoms with E-state index in [0.29, 0.717) is 11.9 Å². The van der Waals surface area contributed by atoms with Crippen LogP contribution < -0.4 is 0 Å². The topological polar surface area (TPSA) is 26.3 Å². The fourth-order valence-corrected chi connectivity index (χ4v) is 2.89. The fraction of sp³-hybridized carbons (Fsp3) is 0.900. The van der Waals surface area contributed by atoms with Crippen LogP contribution in [0.15, 0.2) is 0 Å². The monoisotopic (exact) mass is 168 g/mol. The molecule has 0 amide bonds. The fourth-order valence-electron chi connectivity index (χ4n) is 2.89. The normalized spacial score (nSPS) is 48.2. The molecule has 0 aromatic carbocycles. The Balaban J connectivity index is 2.01. The van der Waals surface area contributed by atoms with Gasteiger partial charge in [-0.2, -0.15) is 0 Å². The summed E-state index contributed by atoms with van der Waals surface area (Å²) in [6.45, 7) is 7.26. The Morgan fingerprint density at radius 2 is 1.75 bits per heavy atom. The van der Waals surface area contributed by atoms with Crippen molar-refractivity contribution in [2.45, 2.75) is 39.2 Å². The van der Waals surface area contributed by atoms with Crippen molar-refractivity contribution >= 4 is 6.47 Å². The van der Waals surface area contributed by atoms with Gasteiger partial charge in [-0.3, -0.25) is 4.79 Å². The van der Waals surface area contributed by atoms with Crippen LogP contribution in [0.3, 0.4) is 0 Å². The Kier molecular flexibility index (Phi) is 1.37. The van der Waals surface area contributed by atoms with Crippen molar-refractivity contribution in [2.75, 3.05) is 0 Å². The minimum absolute atomic E-state index is 0.146. The van der Waals surface area contributed by atoms with Crippen LogP contribution in [0.1, 0.15) is 33.6 Å². The molecule has 0 radical (unpaired) electrons. The minimum Gasteiger partial charge on any atom is -0.462 e. The van der Waals surface area contributed by atoms with Crippen LogP contribution in [0.2, 0.25) is 0 Å².